The summed E-state index contributed by atoms with van der Waals surface area (Å²) in [5.74, 6) is -0.556. The van der Waals surface area contributed by atoms with E-state index < -0.39 is 15.8 Å². The van der Waals surface area contributed by atoms with Crippen LogP contribution in [0.5, 0.6) is 0 Å². The van der Waals surface area contributed by atoms with Gasteiger partial charge in [-0.15, -0.1) is 0 Å². The highest BCUT2D eigenvalue weighted by atomic mass is 32.2. The number of sulfonamides is 1. The van der Waals surface area contributed by atoms with E-state index in [1.807, 2.05) is 25.1 Å². The fourth-order valence-electron chi connectivity index (χ4n) is 3.54. The lowest BCUT2D eigenvalue weighted by Crippen LogP contribution is -2.35. The molecule has 0 radical (unpaired) electrons. The van der Waals surface area contributed by atoms with E-state index in [0.29, 0.717) is 17.7 Å². The monoisotopic (exact) mass is 410 g/mol. The molecule has 1 amide bonds. The van der Waals surface area contributed by atoms with E-state index in [4.69, 9.17) is 0 Å². The Bertz CT molecular complexity index is 1160. The summed E-state index contributed by atoms with van der Waals surface area (Å²) in [7, 11) is -3.83. The van der Waals surface area contributed by atoms with Crippen LogP contribution in [0.3, 0.4) is 0 Å². The predicted octanol–water partition coefficient (Wildman–Crippen LogP) is 4.22. The smallest absolute Gasteiger partial charge is 0.261 e. The lowest BCUT2D eigenvalue weighted by molar-refractivity contribution is 0.0981. The Morgan fingerprint density at radius 1 is 1.03 bits per heavy atom. The van der Waals surface area contributed by atoms with Crippen molar-refractivity contribution in [1.82, 2.24) is 0 Å². The van der Waals surface area contributed by atoms with E-state index >= 15 is 0 Å². The lowest BCUT2D eigenvalue weighted by atomic mass is 10.1. The van der Waals surface area contributed by atoms with Crippen LogP contribution in [0.15, 0.2) is 77.7 Å². The van der Waals surface area contributed by atoms with Crippen LogP contribution in [0, 0.1) is 5.82 Å². The molecule has 0 aromatic heterocycles. The normalized spacial score (nSPS) is 15.8. The number of rotatable bonds is 4. The zero-order chi connectivity index (χ0) is 20.6. The predicted molar refractivity (Wildman–Crippen MR) is 110 cm³/mol. The summed E-state index contributed by atoms with van der Waals surface area (Å²) in [5.41, 5.74) is 2.37. The third-order valence-electron chi connectivity index (χ3n) is 4.91. The number of halogens is 1. The van der Waals surface area contributed by atoms with E-state index in [1.54, 1.807) is 29.2 Å². The maximum Gasteiger partial charge on any atom is 0.261 e. The number of nitrogens with one attached hydrogen (secondary N) is 1. The van der Waals surface area contributed by atoms with E-state index in [9.17, 15) is 17.6 Å². The van der Waals surface area contributed by atoms with E-state index in [1.165, 1.54) is 30.3 Å². The molecule has 29 heavy (non-hydrogen) atoms. The third kappa shape index (κ3) is 3.73. The Morgan fingerprint density at radius 2 is 1.72 bits per heavy atom. The van der Waals surface area contributed by atoms with Gasteiger partial charge >= 0.3 is 0 Å². The molecule has 4 rings (SSSR count). The molecule has 0 aliphatic carbocycles. The fraction of sp³-hybridized carbons (Fsp3) is 0.136. The molecular weight excluding hydrogens is 391 g/mol. The minimum Gasteiger partial charge on any atom is -0.305 e. The van der Waals surface area contributed by atoms with E-state index in [2.05, 4.69) is 4.72 Å². The highest BCUT2D eigenvalue weighted by Gasteiger charge is 2.32. The van der Waals surface area contributed by atoms with Gasteiger partial charge in [-0.25, -0.2) is 12.8 Å². The van der Waals surface area contributed by atoms with Crippen molar-refractivity contribution in [3.63, 3.8) is 0 Å². The summed E-state index contributed by atoms with van der Waals surface area (Å²) in [5, 5.41) is 0. The minimum absolute atomic E-state index is 0.0827. The molecule has 0 unspecified atom stereocenters. The van der Waals surface area contributed by atoms with Crippen molar-refractivity contribution in [3.8, 4) is 0 Å². The second kappa shape index (κ2) is 7.33. The Hall–Kier alpha value is -3.19. The van der Waals surface area contributed by atoms with Gasteiger partial charge in [-0.1, -0.05) is 18.2 Å². The van der Waals surface area contributed by atoms with Crippen LogP contribution < -0.4 is 9.62 Å². The second-order valence-corrected chi connectivity index (χ2v) is 8.68. The number of carbonyl (C=O) groups excluding carboxylic acids is 1. The van der Waals surface area contributed by atoms with Crippen molar-refractivity contribution < 1.29 is 17.6 Å². The number of anilines is 2. The molecule has 0 spiro atoms. The van der Waals surface area contributed by atoms with Crippen molar-refractivity contribution in [1.29, 1.82) is 0 Å². The maximum atomic E-state index is 13.0. The Kier molecular flexibility index (Phi) is 4.84. The van der Waals surface area contributed by atoms with E-state index in [0.717, 1.165) is 5.56 Å². The van der Waals surface area contributed by atoms with Gasteiger partial charge in [0, 0.05) is 23.0 Å². The molecule has 0 bridgehead atoms. The van der Waals surface area contributed by atoms with Crippen molar-refractivity contribution in [3.05, 3.63) is 89.7 Å². The standard InChI is InChI=1S/C22H19FN2O3S/c1-15-13-17-14-20(29(27,28)24-19-9-7-18(23)8-10-19)11-12-21(17)25(15)22(26)16-5-3-2-4-6-16/h2-12,14-15,24H,13H2,1H3/t15-/m1/s1. The molecule has 7 heteroatoms. The molecule has 0 saturated heterocycles. The summed E-state index contributed by atoms with van der Waals surface area (Å²) >= 11 is 0. The summed E-state index contributed by atoms with van der Waals surface area (Å²) in [6, 6.07) is 18.8. The quantitative estimate of drug-likeness (QED) is 0.700. The molecular formula is C22H19FN2O3S. The van der Waals surface area contributed by atoms with Crippen molar-refractivity contribution >= 4 is 27.3 Å². The number of amides is 1. The summed E-state index contributed by atoms with van der Waals surface area (Å²) in [6.45, 7) is 1.94. The van der Waals surface area contributed by atoms with Gasteiger partial charge in [0.05, 0.1) is 4.90 Å². The van der Waals surface area contributed by atoms with Crippen LogP contribution in [-0.2, 0) is 16.4 Å². The largest absolute Gasteiger partial charge is 0.305 e. The highest BCUT2D eigenvalue weighted by Crippen LogP contribution is 2.35. The van der Waals surface area contributed by atoms with Crippen molar-refractivity contribution in [2.75, 3.05) is 9.62 Å². The summed E-state index contributed by atoms with van der Waals surface area (Å²) in [4.78, 5) is 14.7. The lowest BCUT2D eigenvalue weighted by Gasteiger charge is -2.23. The van der Waals surface area contributed by atoms with Gasteiger partial charge in [0.1, 0.15) is 5.82 Å². The van der Waals surface area contributed by atoms with Crippen molar-refractivity contribution in [2.45, 2.75) is 24.3 Å². The van der Waals surface area contributed by atoms with Crippen LogP contribution in [0.25, 0.3) is 0 Å². The SMILES string of the molecule is C[C@@H]1Cc2cc(S(=O)(=O)Nc3ccc(F)cc3)ccc2N1C(=O)c1ccccc1. The zero-order valence-electron chi connectivity index (χ0n) is 15.7. The van der Waals surface area contributed by atoms with Gasteiger partial charge in [0.2, 0.25) is 0 Å². The first-order valence-corrected chi connectivity index (χ1v) is 10.6. The van der Waals surface area contributed by atoms with E-state index in [-0.39, 0.29) is 22.5 Å². The van der Waals surface area contributed by atoms with Crippen molar-refractivity contribution in [2.24, 2.45) is 0 Å². The Morgan fingerprint density at radius 3 is 2.41 bits per heavy atom. The van der Waals surface area contributed by atoms with Gasteiger partial charge in [-0.3, -0.25) is 9.52 Å². The molecule has 0 saturated carbocycles. The zero-order valence-corrected chi connectivity index (χ0v) is 16.5. The average molecular weight is 410 g/mol. The molecule has 1 aliphatic heterocycles. The number of nitrogens with zero attached hydrogens (tertiary/aromatic N) is 1. The minimum atomic E-state index is -3.83. The molecule has 1 aliphatic rings. The first-order valence-electron chi connectivity index (χ1n) is 9.15. The fourth-order valence-corrected chi connectivity index (χ4v) is 4.64. The topological polar surface area (TPSA) is 66.5 Å². The maximum absolute atomic E-state index is 13.0. The highest BCUT2D eigenvalue weighted by molar-refractivity contribution is 7.92. The first-order chi connectivity index (χ1) is 13.8. The molecule has 3 aromatic rings. The summed E-state index contributed by atoms with van der Waals surface area (Å²) in [6.07, 6.45) is 0.563. The van der Waals surface area contributed by atoms with Gasteiger partial charge < -0.3 is 4.90 Å². The van der Waals surface area contributed by atoms with Crippen LogP contribution in [-0.4, -0.2) is 20.4 Å². The number of fused-ring (bicyclic) bond motifs is 1. The first kappa shape index (κ1) is 19.1. The molecule has 148 valence electrons. The summed E-state index contributed by atoms with van der Waals surface area (Å²) < 4.78 is 40.9. The van der Waals surface area contributed by atoms with Crippen LogP contribution in [0.1, 0.15) is 22.8 Å². The van der Waals surface area contributed by atoms with Gasteiger partial charge in [-0.05, 0) is 73.5 Å². The third-order valence-corrected chi connectivity index (χ3v) is 6.29. The molecule has 5 nitrogen and oxygen atoms in total. The van der Waals surface area contributed by atoms with Crippen LogP contribution in [0.4, 0.5) is 15.8 Å². The molecule has 0 fully saturated rings. The number of hydrogen-bond donors (Lipinski definition) is 1. The number of carbonyl (C=O) groups is 1. The Labute approximate surface area is 168 Å². The van der Waals surface area contributed by atoms with Crippen LogP contribution in [0.2, 0.25) is 0 Å². The number of hydrogen-bond acceptors (Lipinski definition) is 3. The molecule has 3 aromatic carbocycles. The molecule has 1 heterocycles. The van der Waals surface area contributed by atoms with Crippen LogP contribution >= 0.6 is 0 Å². The van der Waals surface area contributed by atoms with Gasteiger partial charge in [0.15, 0.2) is 0 Å². The molecule has 1 N–H and O–H groups in total. The molecule has 1 atom stereocenters. The van der Waals surface area contributed by atoms with Gasteiger partial charge in [-0.2, -0.15) is 0 Å². The van der Waals surface area contributed by atoms with Gasteiger partial charge in [0.25, 0.3) is 15.9 Å². The Balaban J connectivity index is 1.63. The number of benzene rings is 3. The average Bonchev–Trinajstić information content (AvgIpc) is 3.04. The second-order valence-electron chi connectivity index (χ2n) is 7.00.